The van der Waals surface area contributed by atoms with Gasteiger partial charge >= 0.3 is 0 Å². The zero-order chi connectivity index (χ0) is 15.7. The van der Waals surface area contributed by atoms with Crippen molar-refractivity contribution in [2.75, 3.05) is 12.3 Å². The van der Waals surface area contributed by atoms with Gasteiger partial charge in [-0.2, -0.15) is 0 Å². The molecule has 1 amide bonds. The van der Waals surface area contributed by atoms with Gasteiger partial charge in [0.2, 0.25) is 0 Å². The van der Waals surface area contributed by atoms with Gasteiger partial charge in [-0.1, -0.05) is 25.4 Å². The molecule has 1 aromatic carbocycles. The minimum Gasteiger partial charge on any atom is -0.398 e. The molecule has 5 heteroatoms. The fourth-order valence-corrected chi connectivity index (χ4v) is 2.76. The van der Waals surface area contributed by atoms with E-state index in [0.717, 1.165) is 12.8 Å². The van der Waals surface area contributed by atoms with Gasteiger partial charge in [0.15, 0.2) is 0 Å². The zero-order valence-corrected chi connectivity index (χ0v) is 13.3. The van der Waals surface area contributed by atoms with E-state index in [-0.39, 0.29) is 17.9 Å². The van der Waals surface area contributed by atoms with E-state index in [4.69, 9.17) is 17.3 Å². The Morgan fingerprint density at radius 3 is 2.52 bits per heavy atom. The fraction of sp³-hybridized carbons (Fsp3) is 0.562. The lowest BCUT2D eigenvalue weighted by Gasteiger charge is -2.40. The molecular formula is C16H23ClN2O2. The Kier molecular flexibility index (Phi) is 4.49. The van der Waals surface area contributed by atoms with Crippen LogP contribution in [0.4, 0.5) is 5.69 Å². The zero-order valence-electron chi connectivity index (χ0n) is 12.6. The third-order valence-corrected chi connectivity index (χ3v) is 4.70. The highest BCUT2D eigenvalue weighted by Gasteiger charge is 2.36. The van der Waals surface area contributed by atoms with Crippen molar-refractivity contribution in [3.8, 4) is 0 Å². The van der Waals surface area contributed by atoms with Crippen LogP contribution in [-0.2, 0) is 0 Å². The van der Waals surface area contributed by atoms with Gasteiger partial charge in [-0.3, -0.25) is 4.79 Å². The number of nitrogen functional groups attached to an aromatic ring is 1. The molecule has 1 aromatic rings. The summed E-state index contributed by atoms with van der Waals surface area (Å²) < 4.78 is 0. The Morgan fingerprint density at radius 2 is 1.95 bits per heavy atom. The van der Waals surface area contributed by atoms with E-state index in [0.29, 0.717) is 29.1 Å². The molecule has 0 unspecified atom stereocenters. The third-order valence-electron chi connectivity index (χ3n) is 4.37. The molecule has 4 nitrogen and oxygen atoms in total. The van der Waals surface area contributed by atoms with Crippen molar-refractivity contribution in [1.82, 2.24) is 5.32 Å². The Hall–Kier alpha value is -1.26. The van der Waals surface area contributed by atoms with Crippen LogP contribution in [0.2, 0.25) is 5.02 Å². The molecule has 0 bridgehead atoms. The standard InChI is InChI=1S/C16H23ClN2O2/c1-15(2)5-7-16(21,8-6-15)10-19-14(20)11-3-4-13(18)12(17)9-11/h3-4,9,21H,5-8,10,18H2,1-2H3,(H,19,20). The van der Waals surface area contributed by atoms with Gasteiger partial charge in [0.25, 0.3) is 5.91 Å². The molecule has 1 saturated carbocycles. The minimum atomic E-state index is -0.803. The lowest BCUT2D eigenvalue weighted by molar-refractivity contribution is -0.0233. The lowest BCUT2D eigenvalue weighted by Crippen LogP contribution is -2.46. The summed E-state index contributed by atoms with van der Waals surface area (Å²) in [5.41, 5.74) is 6.00. The summed E-state index contributed by atoms with van der Waals surface area (Å²) in [7, 11) is 0. The summed E-state index contributed by atoms with van der Waals surface area (Å²) in [6.45, 7) is 4.69. The van der Waals surface area contributed by atoms with Crippen molar-refractivity contribution >= 4 is 23.2 Å². The van der Waals surface area contributed by atoms with Crippen LogP contribution in [0.25, 0.3) is 0 Å². The monoisotopic (exact) mass is 310 g/mol. The van der Waals surface area contributed by atoms with Gasteiger partial charge in [0.1, 0.15) is 0 Å². The summed E-state index contributed by atoms with van der Waals surface area (Å²) in [4.78, 5) is 12.1. The predicted octanol–water partition coefficient (Wildman–Crippen LogP) is 2.98. The molecule has 1 aliphatic carbocycles. The van der Waals surface area contributed by atoms with Crippen molar-refractivity contribution in [2.45, 2.75) is 45.1 Å². The number of amides is 1. The van der Waals surface area contributed by atoms with E-state index >= 15 is 0 Å². The van der Waals surface area contributed by atoms with Crippen molar-refractivity contribution in [1.29, 1.82) is 0 Å². The largest absolute Gasteiger partial charge is 0.398 e. The number of anilines is 1. The number of carbonyl (C=O) groups excluding carboxylic acids is 1. The number of carbonyl (C=O) groups is 1. The highest BCUT2D eigenvalue weighted by Crippen LogP contribution is 2.39. The van der Waals surface area contributed by atoms with Crippen LogP contribution in [0, 0.1) is 5.41 Å². The Balaban J connectivity index is 1.93. The second-order valence-corrected chi connectivity index (χ2v) is 7.21. The predicted molar refractivity (Wildman–Crippen MR) is 85.4 cm³/mol. The number of nitrogens with two attached hydrogens (primary N) is 1. The highest BCUT2D eigenvalue weighted by molar-refractivity contribution is 6.33. The van der Waals surface area contributed by atoms with Gasteiger partial charge in [-0.15, -0.1) is 0 Å². The van der Waals surface area contributed by atoms with Gasteiger partial charge in [-0.05, 0) is 49.3 Å². The minimum absolute atomic E-state index is 0.241. The summed E-state index contributed by atoms with van der Waals surface area (Å²) in [6, 6.07) is 4.78. The molecule has 21 heavy (non-hydrogen) atoms. The molecular weight excluding hydrogens is 288 g/mol. The number of hydrogen-bond acceptors (Lipinski definition) is 3. The molecule has 116 valence electrons. The molecule has 0 spiro atoms. The van der Waals surface area contributed by atoms with Gasteiger partial charge < -0.3 is 16.2 Å². The van der Waals surface area contributed by atoms with Gasteiger partial charge in [0.05, 0.1) is 16.3 Å². The molecule has 0 radical (unpaired) electrons. The van der Waals surface area contributed by atoms with Crippen LogP contribution >= 0.6 is 11.6 Å². The molecule has 2 rings (SSSR count). The van der Waals surface area contributed by atoms with E-state index < -0.39 is 5.60 Å². The number of nitrogens with one attached hydrogen (secondary N) is 1. The SMILES string of the molecule is CC1(C)CCC(O)(CNC(=O)c2ccc(N)c(Cl)c2)CC1. The second kappa shape index (κ2) is 5.85. The first-order valence-corrected chi connectivity index (χ1v) is 7.64. The van der Waals surface area contributed by atoms with Gasteiger partial charge in [-0.25, -0.2) is 0 Å². The molecule has 0 aliphatic heterocycles. The summed E-state index contributed by atoms with van der Waals surface area (Å²) in [6.07, 6.45) is 3.35. The van der Waals surface area contributed by atoms with Crippen LogP contribution in [-0.4, -0.2) is 23.2 Å². The summed E-state index contributed by atoms with van der Waals surface area (Å²) in [5.74, 6) is -0.241. The van der Waals surface area contributed by atoms with Crippen LogP contribution in [0.15, 0.2) is 18.2 Å². The van der Waals surface area contributed by atoms with Crippen LogP contribution in [0.5, 0.6) is 0 Å². The fourth-order valence-electron chi connectivity index (χ4n) is 2.58. The Bertz CT molecular complexity index is 533. The van der Waals surface area contributed by atoms with Crippen LogP contribution in [0.3, 0.4) is 0 Å². The first kappa shape index (κ1) is 16.1. The summed E-state index contributed by atoms with van der Waals surface area (Å²) in [5, 5.41) is 13.7. The quantitative estimate of drug-likeness (QED) is 0.751. The maximum atomic E-state index is 12.1. The smallest absolute Gasteiger partial charge is 0.251 e. The van der Waals surface area contributed by atoms with E-state index in [1.807, 2.05) is 0 Å². The molecule has 1 fully saturated rings. The first-order valence-electron chi connectivity index (χ1n) is 7.26. The third kappa shape index (κ3) is 4.11. The van der Waals surface area contributed by atoms with Crippen molar-refractivity contribution < 1.29 is 9.90 Å². The average molecular weight is 311 g/mol. The Labute approximate surface area is 130 Å². The number of aliphatic hydroxyl groups is 1. The topological polar surface area (TPSA) is 75.3 Å². The molecule has 4 N–H and O–H groups in total. The van der Waals surface area contributed by atoms with Gasteiger partial charge in [0, 0.05) is 12.1 Å². The Morgan fingerprint density at radius 1 is 1.33 bits per heavy atom. The van der Waals surface area contributed by atoms with E-state index in [1.165, 1.54) is 0 Å². The maximum absolute atomic E-state index is 12.1. The lowest BCUT2D eigenvalue weighted by atomic mass is 9.71. The van der Waals surface area contributed by atoms with Crippen LogP contribution in [0.1, 0.15) is 49.9 Å². The maximum Gasteiger partial charge on any atom is 0.251 e. The average Bonchev–Trinajstić information content (AvgIpc) is 2.43. The second-order valence-electron chi connectivity index (χ2n) is 6.81. The first-order chi connectivity index (χ1) is 9.71. The van der Waals surface area contributed by atoms with Crippen molar-refractivity contribution in [3.05, 3.63) is 28.8 Å². The molecule has 1 aliphatic rings. The number of rotatable bonds is 3. The molecule has 0 saturated heterocycles. The number of benzene rings is 1. The number of hydrogen-bond donors (Lipinski definition) is 3. The van der Waals surface area contributed by atoms with E-state index in [9.17, 15) is 9.90 Å². The summed E-state index contributed by atoms with van der Waals surface area (Å²) >= 11 is 5.91. The van der Waals surface area contributed by atoms with E-state index in [1.54, 1.807) is 18.2 Å². The number of halogens is 1. The molecule has 0 atom stereocenters. The van der Waals surface area contributed by atoms with Crippen molar-refractivity contribution in [2.24, 2.45) is 5.41 Å². The van der Waals surface area contributed by atoms with Crippen LogP contribution < -0.4 is 11.1 Å². The molecule has 0 aromatic heterocycles. The normalized spacial score (nSPS) is 20.0. The molecule has 0 heterocycles. The van der Waals surface area contributed by atoms with Crippen molar-refractivity contribution in [3.63, 3.8) is 0 Å². The van der Waals surface area contributed by atoms with E-state index in [2.05, 4.69) is 19.2 Å². The highest BCUT2D eigenvalue weighted by atomic mass is 35.5.